The van der Waals surface area contributed by atoms with Gasteiger partial charge in [0.05, 0.1) is 6.54 Å². The molecule has 0 saturated heterocycles. The third kappa shape index (κ3) is 10.5. The van der Waals surface area contributed by atoms with Gasteiger partial charge in [0.15, 0.2) is 0 Å². The molecule has 0 fully saturated rings. The van der Waals surface area contributed by atoms with Crippen LogP contribution in [-0.4, -0.2) is 12.6 Å². The SMILES string of the molecule is CCCCCCN=C=O.c1ccc(CNCc2ccccc2)cc1. The Morgan fingerprint density at radius 1 is 0.833 bits per heavy atom. The van der Waals surface area contributed by atoms with E-state index in [9.17, 15) is 4.79 Å². The van der Waals surface area contributed by atoms with Crippen molar-refractivity contribution in [3.05, 3.63) is 71.8 Å². The van der Waals surface area contributed by atoms with Gasteiger partial charge in [-0.05, 0) is 17.5 Å². The first-order chi connectivity index (χ1) is 11.9. The Labute approximate surface area is 145 Å². The minimum absolute atomic E-state index is 0.656. The van der Waals surface area contributed by atoms with Gasteiger partial charge < -0.3 is 5.32 Å². The first kappa shape index (κ1) is 19.8. The Kier molecular flexibility index (Phi) is 11.9. The predicted octanol–water partition coefficient (Wildman–Crippen LogP) is 4.88. The fourth-order valence-electron chi connectivity index (χ4n) is 2.21. The van der Waals surface area contributed by atoms with Gasteiger partial charge in [-0.15, -0.1) is 0 Å². The van der Waals surface area contributed by atoms with E-state index in [1.807, 2.05) is 12.1 Å². The van der Waals surface area contributed by atoms with E-state index in [4.69, 9.17) is 0 Å². The summed E-state index contributed by atoms with van der Waals surface area (Å²) < 4.78 is 0. The van der Waals surface area contributed by atoms with Crippen LogP contribution in [-0.2, 0) is 17.9 Å². The fraction of sp³-hybridized carbons (Fsp3) is 0.381. The average Bonchev–Trinajstić information content (AvgIpc) is 2.64. The van der Waals surface area contributed by atoms with Crippen LogP contribution in [0.1, 0.15) is 43.7 Å². The second kappa shape index (κ2) is 14.4. The molecule has 0 aromatic heterocycles. The van der Waals surface area contributed by atoms with Gasteiger partial charge in [-0.2, -0.15) is 0 Å². The summed E-state index contributed by atoms with van der Waals surface area (Å²) in [6, 6.07) is 20.9. The molecule has 3 heteroatoms. The van der Waals surface area contributed by atoms with E-state index in [0.29, 0.717) is 6.54 Å². The minimum Gasteiger partial charge on any atom is -0.309 e. The number of rotatable bonds is 9. The summed E-state index contributed by atoms with van der Waals surface area (Å²) in [4.78, 5) is 13.0. The molecule has 0 aliphatic carbocycles. The molecule has 0 saturated carbocycles. The fourth-order valence-corrected chi connectivity index (χ4v) is 2.21. The molecule has 0 bridgehead atoms. The average molecular weight is 324 g/mol. The maximum absolute atomic E-state index is 9.55. The highest BCUT2D eigenvalue weighted by atomic mass is 16.1. The monoisotopic (exact) mass is 324 g/mol. The zero-order valence-corrected chi connectivity index (χ0v) is 14.6. The number of unbranched alkanes of at least 4 members (excludes halogenated alkanes) is 3. The zero-order valence-electron chi connectivity index (χ0n) is 14.6. The second-order valence-corrected chi connectivity index (χ2v) is 5.61. The summed E-state index contributed by atoms with van der Waals surface area (Å²) in [7, 11) is 0. The van der Waals surface area contributed by atoms with Crippen LogP contribution in [0.3, 0.4) is 0 Å². The van der Waals surface area contributed by atoms with E-state index in [-0.39, 0.29) is 0 Å². The molecule has 0 heterocycles. The number of benzene rings is 2. The van der Waals surface area contributed by atoms with Crippen LogP contribution in [0, 0.1) is 0 Å². The molecule has 0 aliphatic rings. The standard InChI is InChI=1S/C14H15N.C7H13NO/c1-3-7-13(8-4-1)11-15-12-14-9-5-2-6-10-14;1-2-3-4-5-6-8-7-9/h1-10,15H,11-12H2;2-6H2,1H3. The molecular formula is C21H28N2O. The quantitative estimate of drug-likeness (QED) is 0.406. The van der Waals surface area contributed by atoms with Gasteiger partial charge >= 0.3 is 0 Å². The molecule has 0 unspecified atom stereocenters. The molecule has 0 radical (unpaired) electrons. The summed E-state index contributed by atoms with van der Waals surface area (Å²) >= 11 is 0. The first-order valence-corrected chi connectivity index (χ1v) is 8.69. The highest BCUT2D eigenvalue weighted by molar-refractivity contribution is 5.32. The first-order valence-electron chi connectivity index (χ1n) is 8.69. The molecule has 0 amide bonds. The van der Waals surface area contributed by atoms with Crippen molar-refractivity contribution in [3.8, 4) is 0 Å². The Balaban J connectivity index is 0.000000277. The number of nitrogens with one attached hydrogen (secondary N) is 1. The summed E-state index contributed by atoms with van der Waals surface area (Å²) in [6.07, 6.45) is 6.20. The van der Waals surface area contributed by atoms with Crippen molar-refractivity contribution in [1.82, 2.24) is 5.32 Å². The minimum atomic E-state index is 0.656. The lowest BCUT2D eigenvalue weighted by Crippen LogP contribution is -2.12. The smallest absolute Gasteiger partial charge is 0.234 e. The molecule has 2 rings (SSSR count). The molecule has 3 nitrogen and oxygen atoms in total. The highest BCUT2D eigenvalue weighted by Gasteiger charge is 1.92. The van der Waals surface area contributed by atoms with E-state index in [1.54, 1.807) is 0 Å². The molecule has 24 heavy (non-hydrogen) atoms. The molecule has 128 valence electrons. The number of isocyanates is 1. The maximum Gasteiger partial charge on any atom is 0.234 e. The predicted molar refractivity (Wildman–Crippen MR) is 101 cm³/mol. The van der Waals surface area contributed by atoms with Crippen molar-refractivity contribution in [2.75, 3.05) is 6.54 Å². The van der Waals surface area contributed by atoms with Crippen molar-refractivity contribution in [3.63, 3.8) is 0 Å². The van der Waals surface area contributed by atoms with Gasteiger partial charge in [0.1, 0.15) is 0 Å². The lowest BCUT2D eigenvalue weighted by atomic mass is 10.2. The Hall–Kier alpha value is -2.22. The van der Waals surface area contributed by atoms with Gasteiger partial charge in [-0.3, -0.25) is 0 Å². The summed E-state index contributed by atoms with van der Waals surface area (Å²) in [5, 5.41) is 3.42. The number of hydrogen-bond donors (Lipinski definition) is 1. The number of carbonyl (C=O) groups excluding carboxylic acids is 1. The van der Waals surface area contributed by atoms with E-state index < -0.39 is 0 Å². The summed E-state index contributed by atoms with van der Waals surface area (Å²) in [6.45, 7) is 4.66. The molecule has 0 atom stereocenters. The van der Waals surface area contributed by atoms with Crippen LogP contribution in [0.2, 0.25) is 0 Å². The van der Waals surface area contributed by atoms with Crippen LogP contribution in [0.15, 0.2) is 65.7 Å². The Bertz CT molecular complexity index is 523. The lowest BCUT2D eigenvalue weighted by Gasteiger charge is -2.04. The molecule has 0 aliphatic heterocycles. The Morgan fingerprint density at radius 3 is 1.83 bits per heavy atom. The third-order valence-corrected chi connectivity index (χ3v) is 3.53. The molecule has 0 spiro atoms. The molecular weight excluding hydrogens is 296 g/mol. The molecule has 2 aromatic carbocycles. The highest BCUT2D eigenvalue weighted by Crippen LogP contribution is 2.00. The van der Waals surface area contributed by atoms with Crippen LogP contribution in [0.5, 0.6) is 0 Å². The van der Waals surface area contributed by atoms with Crippen molar-refractivity contribution < 1.29 is 4.79 Å². The van der Waals surface area contributed by atoms with E-state index in [2.05, 4.69) is 65.8 Å². The van der Waals surface area contributed by atoms with E-state index in [1.165, 1.54) is 36.5 Å². The largest absolute Gasteiger partial charge is 0.309 e. The number of nitrogens with zero attached hydrogens (tertiary/aromatic N) is 1. The maximum atomic E-state index is 9.55. The second-order valence-electron chi connectivity index (χ2n) is 5.61. The lowest BCUT2D eigenvalue weighted by molar-refractivity contribution is 0.561. The van der Waals surface area contributed by atoms with Gasteiger partial charge in [-0.1, -0.05) is 86.8 Å². The van der Waals surface area contributed by atoms with Crippen molar-refractivity contribution in [2.24, 2.45) is 4.99 Å². The van der Waals surface area contributed by atoms with Crippen molar-refractivity contribution >= 4 is 6.08 Å². The van der Waals surface area contributed by atoms with Gasteiger partial charge in [0, 0.05) is 13.1 Å². The number of hydrogen-bond acceptors (Lipinski definition) is 3. The van der Waals surface area contributed by atoms with E-state index >= 15 is 0 Å². The molecule has 1 N–H and O–H groups in total. The van der Waals surface area contributed by atoms with Gasteiger partial charge in [0.25, 0.3) is 0 Å². The van der Waals surface area contributed by atoms with Crippen LogP contribution >= 0.6 is 0 Å². The number of aliphatic imine (C=N–C) groups is 1. The summed E-state index contributed by atoms with van der Waals surface area (Å²) in [5.41, 5.74) is 2.65. The Morgan fingerprint density at radius 2 is 1.38 bits per heavy atom. The summed E-state index contributed by atoms with van der Waals surface area (Å²) in [5.74, 6) is 0. The van der Waals surface area contributed by atoms with Crippen LogP contribution < -0.4 is 5.32 Å². The van der Waals surface area contributed by atoms with Crippen LogP contribution in [0.25, 0.3) is 0 Å². The third-order valence-electron chi connectivity index (χ3n) is 3.53. The van der Waals surface area contributed by atoms with E-state index in [0.717, 1.165) is 19.5 Å². The van der Waals surface area contributed by atoms with Crippen molar-refractivity contribution in [2.45, 2.75) is 45.7 Å². The van der Waals surface area contributed by atoms with Gasteiger partial charge in [0.2, 0.25) is 6.08 Å². The van der Waals surface area contributed by atoms with Crippen LogP contribution in [0.4, 0.5) is 0 Å². The van der Waals surface area contributed by atoms with Crippen molar-refractivity contribution in [1.29, 1.82) is 0 Å². The van der Waals surface area contributed by atoms with Gasteiger partial charge in [-0.25, -0.2) is 9.79 Å². The zero-order chi connectivity index (χ0) is 17.3. The molecule has 2 aromatic rings. The topological polar surface area (TPSA) is 41.5 Å². The normalized spacial score (nSPS) is 9.54.